The van der Waals surface area contributed by atoms with Gasteiger partial charge in [0, 0.05) is 35.5 Å². The number of likely N-dealkylation sites (N-methyl/N-ethyl adjacent to an activating group) is 1. The third-order valence-electron chi connectivity index (χ3n) is 7.53. The van der Waals surface area contributed by atoms with E-state index in [1.54, 1.807) is 17.0 Å². The van der Waals surface area contributed by atoms with Gasteiger partial charge in [0.1, 0.15) is 28.8 Å². The number of amides is 1. The largest absolute Gasteiger partial charge is 0.467 e. The van der Waals surface area contributed by atoms with Gasteiger partial charge in [-0.05, 0) is 44.0 Å². The molecule has 3 heterocycles. The van der Waals surface area contributed by atoms with Crippen molar-refractivity contribution in [3.05, 3.63) is 53.9 Å². The van der Waals surface area contributed by atoms with E-state index in [0.29, 0.717) is 46.3 Å². The molecule has 1 amide bonds. The van der Waals surface area contributed by atoms with Crippen LogP contribution in [-0.2, 0) is 4.79 Å². The third-order valence-corrected chi connectivity index (χ3v) is 8.55. The molecule has 1 aliphatic heterocycles. The SMILES string of the molecule is C=CC(=O)N1CCC(N(CC)c2nc(OC)nc3c(C#N)c(-c4ccc(F)c5sc(N)c(C#N)c45)ccc23)C1C. The van der Waals surface area contributed by atoms with E-state index in [1.165, 1.54) is 19.3 Å². The monoisotopic (exact) mass is 555 g/mol. The summed E-state index contributed by atoms with van der Waals surface area (Å²) in [6, 6.07) is 10.8. The van der Waals surface area contributed by atoms with E-state index >= 15 is 0 Å². The number of nitrogens with two attached hydrogens (primary N) is 1. The quantitative estimate of drug-likeness (QED) is 0.329. The van der Waals surface area contributed by atoms with Gasteiger partial charge in [-0.25, -0.2) is 4.39 Å². The summed E-state index contributed by atoms with van der Waals surface area (Å²) in [6.07, 6.45) is 2.06. The second-order valence-corrected chi connectivity index (χ2v) is 10.5. The molecule has 2 aromatic heterocycles. The van der Waals surface area contributed by atoms with Gasteiger partial charge < -0.3 is 20.3 Å². The predicted molar refractivity (Wildman–Crippen MR) is 154 cm³/mol. The minimum atomic E-state index is -0.490. The van der Waals surface area contributed by atoms with Crippen molar-refractivity contribution in [3.63, 3.8) is 0 Å². The van der Waals surface area contributed by atoms with Crippen LogP contribution in [0, 0.1) is 28.5 Å². The maximum absolute atomic E-state index is 14.7. The number of likely N-dealkylation sites (tertiary alicyclic amines) is 1. The normalized spacial score (nSPS) is 16.6. The molecule has 0 bridgehead atoms. The number of aromatic nitrogens is 2. The highest BCUT2D eigenvalue weighted by molar-refractivity contribution is 7.23. The fourth-order valence-corrected chi connectivity index (χ4v) is 6.59. The zero-order valence-electron chi connectivity index (χ0n) is 22.2. The zero-order chi connectivity index (χ0) is 28.7. The molecule has 2 aromatic carbocycles. The number of carbonyl (C=O) groups is 1. The van der Waals surface area contributed by atoms with E-state index in [4.69, 9.17) is 10.5 Å². The van der Waals surface area contributed by atoms with Crippen LogP contribution in [0.4, 0.5) is 15.2 Å². The molecule has 0 aliphatic carbocycles. The second-order valence-electron chi connectivity index (χ2n) is 9.40. The summed E-state index contributed by atoms with van der Waals surface area (Å²) in [5.74, 6) is -0.0290. The van der Waals surface area contributed by atoms with Gasteiger partial charge in [0.15, 0.2) is 0 Å². The van der Waals surface area contributed by atoms with Crippen molar-refractivity contribution >= 4 is 49.1 Å². The first-order valence-electron chi connectivity index (χ1n) is 12.7. The average molecular weight is 556 g/mol. The van der Waals surface area contributed by atoms with E-state index in [-0.39, 0.29) is 44.8 Å². The molecular formula is C29H26FN7O2S. The van der Waals surface area contributed by atoms with Gasteiger partial charge >= 0.3 is 6.01 Å². The van der Waals surface area contributed by atoms with Crippen LogP contribution in [0.15, 0.2) is 36.9 Å². The number of nitrogens with zero attached hydrogens (tertiary/aromatic N) is 6. The number of benzene rings is 2. The molecule has 11 heteroatoms. The van der Waals surface area contributed by atoms with Crippen molar-refractivity contribution in [1.29, 1.82) is 10.5 Å². The Morgan fingerprint density at radius 2 is 2.00 bits per heavy atom. The van der Waals surface area contributed by atoms with Crippen molar-refractivity contribution in [2.45, 2.75) is 32.4 Å². The molecule has 202 valence electrons. The minimum absolute atomic E-state index is 0.0365. The number of hydrogen-bond acceptors (Lipinski definition) is 9. The summed E-state index contributed by atoms with van der Waals surface area (Å²) in [5.41, 5.74) is 7.82. The molecule has 2 N–H and O–H groups in total. The van der Waals surface area contributed by atoms with Gasteiger partial charge in [-0.3, -0.25) is 4.79 Å². The Morgan fingerprint density at radius 1 is 1.27 bits per heavy atom. The molecule has 1 saturated heterocycles. The van der Waals surface area contributed by atoms with Crippen molar-refractivity contribution in [2.75, 3.05) is 30.8 Å². The smallest absolute Gasteiger partial charge is 0.318 e. The maximum atomic E-state index is 14.7. The van der Waals surface area contributed by atoms with Crippen molar-refractivity contribution in [2.24, 2.45) is 0 Å². The summed E-state index contributed by atoms with van der Waals surface area (Å²) in [6.45, 7) is 8.80. The number of thiophene rings is 1. The highest BCUT2D eigenvalue weighted by atomic mass is 32.1. The van der Waals surface area contributed by atoms with Gasteiger partial charge in [0.25, 0.3) is 0 Å². The predicted octanol–water partition coefficient (Wildman–Crippen LogP) is 4.99. The first kappa shape index (κ1) is 26.9. The average Bonchev–Trinajstić information content (AvgIpc) is 3.52. The highest BCUT2D eigenvalue weighted by Crippen LogP contribution is 2.43. The van der Waals surface area contributed by atoms with Crippen LogP contribution in [0.2, 0.25) is 0 Å². The van der Waals surface area contributed by atoms with E-state index in [0.717, 1.165) is 17.8 Å². The van der Waals surface area contributed by atoms with Crippen LogP contribution in [0.1, 0.15) is 31.4 Å². The number of fused-ring (bicyclic) bond motifs is 2. The number of anilines is 2. The van der Waals surface area contributed by atoms with Crippen LogP contribution in [0.25, 0.3) is 32.1 Å². The van der Waals surface area contributed by atoms with Gasteiger partial charge in [-0.1, -0.05) is 18.7 Å². The Morgan fingerprint density at radius 3 is 2.65 bits per heavy atom. The fourth-order valence-electron chi connectivity index (χ4n) is 5.64. The Labute approximate surface area is 234 Å². The Hall–Kier alpha value is -4.74. The molecule has 1 fully saturated rings. The number of nitriles is 2. The van der Waals surface area contributed by atoms with E-state index in [9.17, 15) is 19.7 Å². The Bertz CT molecular complexity index is 1770. The number of hydrogen-bond donors (Lipinski definition) is 1. The van der Waals surface area contributed by atoms with Crippen LogP contribution >= 0.6 is 11.3 Å². The lowest BCUT2D eigenvalue weighted by Crippen LogP contribution is -2.45. The first-order valence-corrected chi connectivity index (χ1v) is 13.5. The highest BCUT2D eigenvalue weighted by Gasteiger charge is 2.37. The standard InChI is InChI=1S/C29H26FN7O2S/c1-5-23(38)37-12-11-22(15(37)3)36(6-2)28-18-8-7-16(19(13-31)25(18)34-29(35-28)39-4)17-9-10-21(30)26-24(17)20(14-32)27(33)40-26/h5,7-10,15,22H,1,6,11-12,33H2,2-4H3. The minimum Gasteiger partial charge on any atom is -0.467 e. The maximum Gasteiger partial charge on any atom is 0.318 e. The number of rotatable bonds is 6. The molecule has 9 nitrogen and oxygen atoms in total. The number of methoxy groups -OCH3 is 1. The van der Waals surface area contributed by atoms with Crippen LogP contribution in [-0.4, -0.2) is 53.1 Å². The van der Waals surface area contributed by atoms with Gasteiger partial charge in [0.2, 0.25) is 5.91 Å². The molecule has 1 aliphatic rings. The van der Waals surface area contributed by atoms with E-state index in [1.807, 2.05) is 19.9 Å². The topological polar surface area (TPSA) is 132 Å². The molecule has 4 aromatic rings. The molecule has 0 radical (unpaired) electrons. The molecule has 2 unspecified atom stereocenters. The summed E-state index contributed by atoms with van der Waals surface area (Å²) in [7, 11) is 1.46. The first-order chi connectivity index (χ1) is 19.3. The number of nitrogen functional groups attached to an aromatic ring is 1. The molecular weight excluding hydrogens is 529 g/mol. The van der Waals surface area contributed by atoms with Gasteiger partial charge in [0.05, 0.1) is 34.5 Å². The van der Waals surface area contributed by atoms with Crippen molar-refractivity contribution in [1.82, 2.24) is 14.9 Å². The molecule has 0 spiro atoms. The van der Waals surface area contributed by atoms with Gasteiger partial charge in [-0.2, -0.15) is 20.5 Å². The lowest BCUT2D eigenvalue weighted by Gasteiger charge is -2.34. The molecule has 0 saturated carbocycles. The Balaban J connectivity index is 1.74. The summed E-state index contributed by atoms with van der Waals surface area (Å²) in [5, 5.41) is 21.4. The third kappa shape index (κ3) is 4.07. The summed E-state index contributed by atoms with van der Waals surface area (Å²) < 4.78 is 20.4. The van der Waals surface area contributed by atoms with Crippen LogP contribution < -0.4 is 15.4 Å². The molecule has 2 atom stereocenters. The number of halogens is 1. The summed E-state index contributed by atoms with van der Waals surface area (Å²) >= 11 is 1.00. The Kier molecular flexibility index (Phi) is 7.01. The van der Waals surface area contributed by atoms with Crippen LogP contribution in [0.3, 0.4) is 0 Å². The van der Waals surface area contributed by atoms with Crippen molar-refractivity contribution in [3.8, 4) is 29.3 Å². The fraction of sp³-hybridized carbons (Fsp3) is 0.276. The lowest BCUT2D eigenvalue weighted by molar-refractivity contribution is -0.126. The van der Waals surface area contributed by atoms with E-state index in [2.05, 4.69) is 33.6 Å². The van der Waals surface area contributed by atoms with E-state index < -0.39 is 5.82 Å². The molecule has 5 rings (SSSR count). The van der Waals surface area contributed by atoms with Gasteiger partial charge in [-0.15, -0.1) is 11.3 Å². The summed E-state index contributed by atoms with van der Waals surface area (Å²) in [4.78, 5) is 25.5. The molecule has 40 heavy (non-hydrogen) atoms. The number of ether oxygens (including phenoxy) is 1. The second kappa shape index (κ2) is 10.4. The zero-order valence-corrected chi connectivity index (χ0v) is 23.0. The lowest BCUT2D eigenvalue weighted by atomic mass is 9.93. The van der Waals surface area contributed by atoms with Crippen molar-refractivity contribution < 1.29 is 13.9 Å². The number of carbonyl (C=O) groups excluding carboxylic acids is 1. The van der Waals surface area contributed by atoms with Crippen LogP contribution in [0.5, 0.6) is 6.01 Å².